The molecular formula is C15H20N2O2S. The van der Waals surface area contributed by atoms with Gasteiger partial charge in [0.05, 0.1) is 12.3 Å². The molecule has 0 bridgehead atoms. The van der Waals surface area contributed by atoms with Crippen LogP contribution in [0.2, 0.25) is 0 Å². The summed E-state index contributed by atoms with van der Waals surface area (Å²) in [4.78, 5) is 6.96. The van der Waals surface area contributed by atoms with Crippen LogP contribution < -0.4 is 0 Å². The van der Waals surface area contributed by atoms with Crippen LogP contribution in [0.5, 0.6) is 0 Å². The van der Waals surface area contributed by atoms with Crippen LogP contribution in [0.1, 0.15) is 30.7 Å². The van der Waals surface area contributed by atoms with Crippen molar-refractivity contribution in [3.05, 3.63) is 28.3 Å². The number of nitrogens with zero attached hydrogens (tertiary/aromatic N) is 2. The fraction of sp³-hybridized carbons (Fsp3) is 0.533. The van der Waals surface area contributed by atoms with E-state index in [2.05, 4.69) is 9.88 Å². The molecular weight excluding hydrogens is 272 g/mol. The van der Waals surface area contributed by atoms with Gasteiger partial charge in [-0.3, -0.25) is 4.90 Å². The summed E-state index contributed by atoms with van der Waals surface area (Å²) in [6.45, 7) is 4.00. The highest BCUT2D eigenvalue weighted by atomic mass is 32.1. The van der Waals surface area contributed by atoms with Gasteiger partial charge in [-0.1, -0.05) is 6.42 Å². The van der Waals surface area contributed by atoms with Gasteiger partial charge in [0.2, 0.25) is 5.89 Å². The van der Waals surface area contributed by atoms with Crippen LogP contribution in [0.3, 0.4) is 0 Å². The number of rotatable bonds is 4. The maximum absolute atomic E-state index is 9.48. The van der Waals surface area contributed by atoms with E-state index in [1.807, 2.05) is 23.8 Å². The van der Waals surface area contributed by atoms with E-state index in [4.69, 9.17) is 4.42 Å². The van der Waals surface area contributed by atoms with Gasteiger partial charge in [0.25, 0.3) is 0 Å². The van der Waals surface area contributed by atoms with Crippen LogP contribution in [-0.4, -0.2) is 34.2 Å². The zero-order valence-electron chi connectivity index (χ0n) is 11.7. The van der Waals surface area contributed by atoms with E-state index >= 15 is 0 Å². The van der Waals surface area contributed by atoms with Crippen LogP contribution in [0, 0.1) is 6.92 Å². The van der Waals surface area contributed by atoms with Crippen LogP contribution in [0.15, 0.2) is 21.2 Å². The van der Waals surface area contributed by atoms with Gasteiger partial charge in [0.1, 0.15) is 5.76 Å². The van der Waals surface area contributed by atoms with E-state index in [1.54, 1.807) is 11.3 Å². The van der Waals surface area contributed by atoms with Gasteiger partial charge in [-0.25, -0.2) is 4.98 Å². The first kappa shape index (κ1) is 13.8. The molecule has 0 amide bonds. The molecule has 3 rings (SSSR count). The highest BCUT2D eigenvalue weighted by molar-refractivity contribution is 7.08. The van der Waals surface area contributed by atoms with Gasteiger partial charge in [0.15, 0.2) is 0 Å². The minimum absolute atomic E-state index is 0.230. The van der Waals surface area contributed by atoms with E-state index in [9.17, 15) is 5.11 Å². The lowest BCUT2D eigenvalue weighted by molar-refractivity contribution is 0.0828. The number of hydrogen-bond acceptors (Lipinski definition) is 5. The van der Waals surface area contributed by atoms with Gasteiger partial charge >= 0.3 is 0 Å². The second-order valence-corrected chi connectivity index (χ2v) is 6.12. The summed E-state index contributed by atoms with van der Waals surface area (Å²) >= 11 is 1.65. The number of likely N-dealkylation sites (tertiary alicyclic amines) is 1. The van der Waals surface area contributed by atoms with Gasteiger partial charge < -0.3 is 9.52 Å². The molecule has 1 saturated heterocycles. The molecule has 1 aliphatic rings. The third-order valence-electron chi connectivity index (χ3n) is 3.97. The third-order valence-corrected chi connectivity index (χ3v) is 4.66. The quantitative estimate of drug-likeness (QED) is 0.941. The molecule has 0 spiro atoms. The number of aliphatic hydroxyl groups is 1. The summed E-state index contributed by atoms with van der Waals surface area (Å²) in [5.41, 5.74) is 2.04. The van der Waals surface area contributed by atoms with Crippen LogP contribution >= 0.6 is 11.3 Å². The lowest BCUT2D eigenvalue weighted by Crippen LogP contribution is -2.41. The largest absolute Gasteiger partial charge is 0.441 e. The molecule has 0 unspecified atom stereocenters. The number of aryl methyl sites for hydroxylation is 1. The van der Waals surface area contributed by atoms with Crippen molar-refractivity contribution < 1.29 is 9.52 Å². The molecule has 5 heteroatoms. The number of hydrogen-bond donors (Lipinski definition) is 1. The first-order valence-corrected chi connectivity index (χ1v) is 8.06. The SMILES string of the molecule is Cc1oc(-c2ccsc2)nc1CN1CCCC[C@H]1CO. The molecule has 1 N–H and O–H groups in total. The average molecular weight is 292 g/mol. The number of aliphatic hydroxyl groups excluding tert-OH is 1. The number of aromatic nitrogens is 1. The Balaban J connectivity index is 1.77. The van der Waals surface area contributed by atoms with Crippen molar-refractivity contribution in [2.45, 2.75) is 38.8 Å². The molecule has 1 fully saturated rings. The van der Waals surface area contributed by atoms with E-state index < -0.39 is 0 Å². The Bertz CT molecular complexity index is 550. The molecule has 0 radical (unpaired) electrons. The maximum Gasteiger partial charge on any atom is 0.227 e. The van der Waals surface area contributed by atoms with Crippen LogP contribution in [-0.2, 0) is 6.54 Å². The predicted molar refractivity (Wildman–Crippen MR) is 79.7 cm³/mol. The molecule has 0 saturated carbocycles. The predicted octanol–water partition coefficient (Wildman–Crippen LogP) is 3.06. The fourth-order valence-corrected chi connectivity index (χ4v) is 3.38. The minimum Gasteiger partial charge on any atom is -0.441 e. The summed E-state index contributed by atoms with van der Waals surface area (Å²) in [5, 5.41) is 13.6. The summed E-state index contributed by atoms with van der Waals surface area (Å²) < 4.78 is 5.78. The smallest absolute Gasteiger partial charge is 0.227 e. The average Bonchev–Trinajstić information content (AvgIpc) is 3.10. The molecule has 108 valence electrons. The van der Waals surface area contributed by atoms with Crippen LogP contribution in [0.25, 0.3) is 11.5 Å². The molecule has 3 heterocycles. The second kappa shape index (κ2) is 6.08. The van der Waals surface area contributed by atoms with Crippen molar-refractivity contribution in [2.24, 2.45) is 0 Å². The molecule has 4 nitrogen and oxygen atoms in total. The van der Waals surface area contributed by atoms with Gasteiger partial charge in [-0.05, 0) is 37.8 Å². The zero-order chi connectivity index (χ0) is 13.9. The molecule has 1 atom stereocenters. The maximum atomic E-state index is 9.48. The molecule has 20 heavy (non-hydrogen) atoms. The Hall–Kier alpha value is -1.17. The molecule has 1 aliphatic heterocycles. The highest BCUT2D eigenvalue weighted by Crippen LogP contribution is 2.26. The van der Waals surface area contributed by atoms with E-state index in [1.165, 1.54) is 12.8 Å². The normalized spacial score (nSPS) is 20.4. The van der Waals surface area contributed by atoms with Crippen molar-refractivity contribution in [3.8, 4) is 11.5 Å². The first-order chi connectivity index (χ1) is 9.78. The summed E-state index contributed by atoms with van der Waals surface area (Å²) in [5.74, 6) is 1.59. The Kier molecular flexibility index (Phi) is 4.19. The fourth-order valence-electron chi connectivity index (χ4n) is 2.75. The van der Waals surface area contributed by atoms with E-state index in [0.717, 1.165) is 36.5 Å². The van der Waals surface area contributed by atoms with Crippen LogP contribution in [0.4, 0.5) is 0 Å². The van der Waals surface area contributed by atoms with Gasteiger partial charge in [-0.2, -0.15) is 11.3 Å². The Morgan fingerprint density at radius 3 is 3.15 bits per heavy atom. The summed E-state index contributed by atoms with van der Waals surface area (Å²) in [7, 11) is 0. The topological polar surface area (TPSA) is 49.5 Å². The van der Waals surface area contributed by atoms with Crippen molar-refractivity contribution in [3.63, 3.8) is 0 Å². The lowest BCUT2D eigenvalue weighted by atomic mass is 10.0. The third kappa shape index (κ3) is 2.80. The molecule has 2 aromatic rings. The van der Waals surface area contributed by atoms with E-state index in [0.29, 0.717) is 5.89 Å². The van der Waals surface area contributed by atoms with Gasteiger partial charge in [-0.15, -0.1) is 0 Å². The lowest BCUT2D eigenvalue weighted by Gasteiger charge is -2.33. The minimum atomic E-state index is 0.230. The molecule has 2 aromatic heterocycles. The monoisotopic (exact) mass is 292 g/mol. The number of oxazole rings is 1. The zero-order valence-corrected chi connectivity index (χ0v) is 12.5. The first-order valence-electron chi connectivity index (χ1n) is 7.11. The number of thiophene rings is 1. The highest BCUT2D eigenvalue weighted by Gasteiger charge is 2.24. The van der Waals surface area contributed by atoms with Gasteiger partial charge in [0, 0.05) is 23.5 Å². The summed E-state index contributed by atoms with van der Waals surface area (Å²) in [6, 6.07) is 2.29. The molecule has 0 aromatic carbocycles. The molecule has 0 aliphatic carbocycles. The van der Waals surface area contributed by atoms with Crippen molar-refractivity contribution >= 4 is 11.3 Å². The Labute approximate surface area is 123 Å². The van der Waals surface area contributed by atoms with Crippen molar-refractivity contribution in [2.75, 3.05) is 13.2 Å². The number of piperidine rings is 1. The summed E-state index contributed by atoms with van der Waals surface area (Å²) in [6.07, 6.45) is 3.48. The van der Waals surface area contributed by atoms with E-state index in [-0.39, 0.29) is 12.6 Å². The Morgan fingerprint density at radius 2 is 2.40 bits per heavy atom. The van der Waals surface area contributed by atoms with Crippen molar-refractivity contribution in [1.82, 2.24) is 9.88 Å². The second-order valence-electron chi connectivity index (χ2n) is 5.34. The Morgan fingerprint density at radius 1 is 1.50 bits per heavy atom. The standard InChI is InChI=1S/C15H20N2O2S/c1-11-14(8-17-6-3-2-4-13(17)9-18)16-15(19-11)12-5-7-20-10-12/h5,7,10,13,18H,2-4,6,8-9H2,1H3/t13-/m0/s1. The van der Waals surface area contributed by atoms with Crippen molar-refractivity contribution in [1.29, 1.82) is 0 Å².